The van der Waals surface area contributed by atoms with Crippen LogP contribution in [0.2, 0.25) is 0 Å². The number of rotatable bonds is 5. The van der Waals surface area contributed by atoms with Crippen LogP contribution in [0.15, 0.2) is 30.3 Å². The number of fused-ring (bicyclic) bond motifs is 1. The second-order valence-electron chi connectivity index (χ2n) is 7.60. The number of carbonyl (C=O) groups excluding carboxylic acids is 2. The minimum absolute atomic E-state index is 0.0464. The van der Waals surface area contributed by atoms with Crippen LogP contribution in [-0.4, -0.2) is 42.3 Å². The van der Waals surface area contributed by atoms with Gasteiger partial charge < -0.3 is 9.64 Å². The minimum atomic E-state index is -0.561. The van der Waals surface area contributed by atoms with Crippen molar-refractivity contribution in [3.63, 3.8) is 0 Å². The van der Waals surface area contributed by atoms with Crippen molar-refractivity contribution in [1.82, 2.24) is 9.80 Å². The standard InChI is InChI=1S/C21H23FN2O3S/c1-23(2)21(26)27-18-11-14-12-24(10-9-17(14)28-18)19(20(25)13-7-8-13)15-5-3-4-6-16(15)22/h3-6,11,13,19H,7-10,12H2,1-2H3. The Kier molecular flexibility index (Phi) is 5.21. The zero-order chi connectivity index (χ0) is 19.8. The number of Topliss-reactive ketones (excluding diaryl/α,β-unsaturated/α-hetero) is 1. The summed E-state index contributed by atoms with van der Waals surface area (Å²) in [5.74, 6) is -0.175. The van der Waals surface area contributed by atoms with Crippen molar-refractivity contribution in [1.29, 1.82) is 0 Å². The Morgan fingerprint density at radius 1 is 1.29 bits per heavy atom. The molecule has 1 aromatic heterocycles. The Morgan fingerprint density at radius 2 is 2.04 bits per heavy atom. The number of benzene rings is 1. The number of hydrogen-bond acceptors (Lipinski definition) is 5. The Labute approximate surface area is 167 Å². The highest BCUT2D eigenvalue weighted by Crippen LogP contribution is 2.41. The molecule has 5 nitrogen and oxygen atoms in total. The van der Waals surface area contributed by atoms with Gasteiger partial charge in [0.25, 0.3) is 0 Å². The SMILES string of the molecule is CN(C)C(=O)Oc1cc2c(s1)CCN(C(C(=O)C1CC1)c1ccccc1F)C2. The second kappa shape index (κ2) is 7.64. The van der Waals surface area contributed by atoms with Crippen LogP contribution in [0.1, 0.15) is 34.9 Å². The summed E-state index contributed by atoms with van der Waals surface area (Å²) in [5, 5.41) is 0.557. The molecule has 1 fully saturated rings. The van der Waals surface area contributed by atoms with E-state index in [9.17, 15) is 14.0 Å². The Balaban J connectivity index is 1.58. The Bertz CT molecular complexity index is 907. The Morgan fingerprint density at radius 3 is 2.71 bits per heavy atom. The lowest BCUT2D eigenvalue weighted by molar-refractivity contribution is -0.126. The van der Waals surface area contributed by atoms with E-state index in [-0.39, 0.29) is 17.5 Å². The maximum atomic E-state index is 14.5. The molecule has 0 saturated heterocycles. The summed E-state index contributed by atoms with van der Waals surface area (Å²) in [6.07, 6.45) is 2.13. The van der Waals surface area contributed by atoms with Gasteiger partial charge in [0, 0.05) is 43.5 Å². The zero-order valence-corrected chi connectivity index (χ0v) is 16.8. The van der Waals surface area contributed by atoms with Gasteiger partial charge in [-0.2, -0.15) is 0 Å². The van der Waals surface area contributed by atoms with Crippen molar-refractivity contribution < 1.29 is 18.7 Å². The molecule has 148 valence electrons. The molecule has 4 rings (SSSR count). The van der Waals surface area contributed by atoms with Crippen LogP contribution in [-0.2, 0) is 17.8 Å². The molecule has 2 aliphatic rings. The minimum Gasteiger partial charge on any atom is -0.399 e. The molecule has 7 heteroatoms. The van der Waals surface area contributed by atoms with Crippen molar-refractivity contribution in [3.05, 3.63) is 52.2 Å². The summed E-state index contributed by atoms with van der Waals surface area (Å²) >= 11 is 1.47. The number of nitrogens with zero attached hydrogens (tertiary/aromatic N) is 2. The maximum Gasteiger partial charge on any atom is 0.415 e. The molecule has 1 saturated carbocycles. The fourth-order valence-electron chi connectivity index (χ4n) is 3.59. The normalized spacial score (nSPS) is 17.7. The van der Waals surface area contributed by atoms with Crippen molar-refractivity contribution in [2.24, 2.45) is 5.92 Å². The number of amides is 1. The molecule has 1 unspecified atom stereocenters. The highest BCUT2D eigenvalue weighted by molar-refractivity contribution is 7.14. The van der Waals surface area contributed by atoms with E-state index in [4.69, 9.17) is 4.74 Å². The molecule has 28 heavy (non-hydrogen) atoms. The van der Waals surface area contributed by atoms with E-state index in [0.717, 1.165) is 29.7 Å². The van der Waals surface area contributed by atoms with E-state index in [1.807, 2.05) is 6.07 Å². The lowest BCUT2D eigenvalue weighted by atomic mass is 9.95. The summed E-state index contributed by atoms with van der Waals surface area (Å²) in [4.78, 5) is 29.4. The first-order valence-electron chi connectivity index (χ1n) is 9.47. The number of hydrogen-bond donors (Lipinski definition) is 0. The van der Waals surface area contributed by atoms with E-state index >= 15 is 0 Å². The average molecular weight is 402 g/mol. The molecule has 1 aliphatic heterocycles. The van der Waals surface area contributed by atoms with Crippen LogP contribution < -0.4 is 4.74 Å². The fraction of sp³-hybridized carbons (Fsp3) is 0.429. The van der Waals surface area contributed by atoms with Gasteiger partial charge in [-0.25, -0.2) is 9.18 Å². The predicted molar refractivity (Wildman–Crippen MR) is 105 cm³/mol. The summed E-state index contributed by atoms with van der Waals surface area (Å²) in [7, 11) is 3.28. The molecule has 0 bridgehead atoms. The van der Waals surface area contributed by atoms with Gasteiger partial charge in [0.15, 0.2) is 10.8 Å². The number of halogens is 1. The molecule has 1 aromatic carbocycles. The van der Waals surface area contributed by atoms with Gasteiger partial charge in [-0.3, -0.25) is 9.69 Å². The zero-order valence-electron chi connectivity index (χ0n) is 16.0. The molecule has 1 aliphatic carbocycles. The number of ketones is 1. The van der Waals surface area contributed by atoms with Crippen molar-refractivity contribution in [2.45, 2.75) is 31.8 Å². The molecular weight excluding hydrogens is 379 g/mol. The third-order valence-corrected chi connectivity index (χ3v) is 6.36. The molecule has 2 aromatic rings. The predicted octanol–water partition coefficient (Wildman–Crippen LogP) is 4.03. The summed E-state index contributed by atoms with van der Waals surface area (Å²) < 4.78 is 19.9. The van der Waals surface area contributed by atoms with Gasteiger partial charge in [0.1, 0.15) is 5.82 Å². The molecule has 0 spiro atoms. The first-order valence-corrected chi connectivity index (χ1v) is 10.3. The average Bonchev–Trinajstić information content (AvgIpc) is 3.44. The number of thiophene rings is 1. The van der Waals surface area contributed by atoms with E-state index in [2.05, 4.69) is 4.90 Å². The van der Waals surface area contributed by atoms with Crippen LogP contribution in [0.3, 0.4) is 0 Å². The number of carbonyl (C=O) groups is 2. The van der Waals surface area contributed by atoms with E-state index in [1.54, 1.807) is 32.3 Å². The van der Waals surface area contributed by atoms with Crippen LogP contribution in [0, 0.1) is 11.7 Å². The van der Waals surface area contributed by atoms with Crippen LogP contribution in [0.4, 0.5) is 9.18 Å². The lowest BCUT2D eigenvalue weighted by Crippen LogP contribution is -2.38. The number of ether oxygens (including phenoxy) is 1. The molecule has 1 amide bonds. The van der Waals surface area contributed by atoms with Crippen LogP contribution in [0.25, 0.3) is 0 Å². The maximum absolute atomic E-state index is 14.5. The van der Waals surface area contributed by atoms with Gasteiger partial charge in [-0.1, -0.05) is 18.2 Å². The van der Waals surface area contributed by atoms with E-state index < -0.39 is 12.1 Å². The van der Waals surface area contributed by atoms with Crippen molar-refractivity contribution >= 4 is 23.2 Å². The van der Waals surface area contributed by atoms with Crippen molar-refractivity contribution in [3.8, 4) is 5.06 Å². The Hall–Kier alpha value is -2.25. The smallest absolute Gasteiger partial charge is 0.399 e. The third kappa shape index (κ3) is 3.82. The van der Waals surface area contributed by atoms with Gasteiger partial charge >= 0.3 is 6.09 Å². The molecular formula is C21H23FN2O3S. The van der Waals surface area contributed by atoms with Gasteiger partial charge in [-0.15, -0.1) is 11.3 Å². The van der Waals surface area contributed by atoms with Crippen LogP contribution in [0.5, 0.6) is 5.06 Å². The van der Waals surface area contributed by atoms with Crippen LogP contribution >= 0.6 is 11.3 Å². The van der Waals surface area contributed by atoms with Crippen molar-refractivity contribution in [2.75, 3.05) is 20.6 Å². The third-order valence-electron chi connectivity index (χ3n) is 5.24. The summed E-state index contributed by atoms with van der Waals surface area (Å²) in [6, 6.07) is 7.87. The topological polar surface area (TPSA) is 49.9 Å². The quantitative estimate of drug-likeness (QED) is 0.758. The molecule has 1 atom stereocenters. The highest BCUT2D eigenvalue weighted by atomic mass is 32.1. The first-order chi connectivity index (χ1) is 13.4. The summed E-state index contributed by atoms with van der Waals surface area (Å²) in [5.41, 5.74) is 1.50. The molecule has 0 N–H and O–H groups in total. The van der Waals surface area contributed by atoms with E-state index in [0.29, 0.717) is 23.7 Å². The monoisotopic (exact) mass is 402 g/mol. The van der Waals surface area contributed by atoms with Gasteiger partial charge in [-0.05, 0) is 37.0 Å². The molecule has 2 heterocycles. The van der Waals surface area contributed by atoms with E-state index in [1.165, 1.54) is 22.3 Å². The molecule has 0 radical (unpaired) electrons. The fourth-order valence-corrected chi connectivity index (χ4v) is 4.60. The second-order valence-corrected chi connectivity index (χ2v) is 8.70. The summed E-state index contributed by atoms with van der Waals surface area (Å²) in [6.45, 7) is 1.22. The largest absolute Gasteiger partial charge is 0.415 e. The highest BCUT2D eigenvalue weighted by Gasteiger charge is 2.40. The van der Waals surface area contributed by atoms with Gasteiger partial charge in [0.05, 0.1) is 6.04 Å². The first kappa shape index (κ1) is 19.1. The van der Waals surface area contributed by atoms with Gasteiger partial charge in [0.2, 0.25) is 0 Å². The lowest BCUT2D eigenvalue weighted by Gasteiger charge is -2.34.